The van der Waals surface area contributed by atoms with Gasteiger partial charge in [0.2, 0.25) is 0 Å². The van der Waals surface area contributed by atoms with Gasteiger partial charge < -0.3 is 14.8 Å². The van der Waals surface area contributed by atoms with E-state index in [0.717, 1.165) is 5.56 Å². The largest absolute Gasteiger partial charge is 0.479 e. The Labute approximate surface area is 145 Å². The highest BCUT2D eigenvalue weighted by Gasteiger charge is 2.15. The van der Waals surface area contributed by atoms with Crippen molar-refractivity contribution in [3.8, 4) is 5.75 Å². The Hall–Kier alpha value is -2.53. The number of halogens is 1. The number of ether oxygens (including phenoxy) is 2. The van der Waals surface area contributed by atoms with Gasteiger partial charge >= 0.3 is 5.97 Å². The Morgan fingerprint density at radius 1 is 1.12 bits per heavy atom. The number of aryl methyl sites for hydroxylation is 1. The SMILES string of the molecule is COC(=O)C(C)Oc1ccc(C(=O)Nc2ccc(Cl)cc2C)cc1. The van der Waals surface area contributed by atoms with E-state index in [-0.39, 0.29) is 5.91 Å². The third-order valence-electron chi connectivity index (χ3n) is 3.40. The first kappa shape index (κ1) is 17.8. The highest BCUT2D eigenvalue weighted by atomic mass is 35.5. The van der Waals surface area contributed by atoms with Gasteiger partial charge in [-0.25, -0.2) is 4.79 Å². The van der Waals surface area contributed by atoms with E-state index in [0.29, 0.717) is 22.0 Å². The Balaban J connectivity index is 2.04. The minimum absolute atomic E-state index is 0.243. The fourth-order valence-corrected chi connectivity index (χ4v) is 2.29. The summed E-state index contributed by atoms with van der Waals surface area (Å²) in [6.07, 6.45) is -0.716. The maximum absolute atomic E-state index is 12.3. The quantitative estimate of drug-likeness (QED) is 0.834. The molecule has 2 aromatic carbocycles. The molecular weight excluding hydrogens is 330 g/mol. The molecule has 0 radical (unpaired) electrons. The zero-order valence-electron chi connectivity index (χ0n) is 13.6. The van der Waals surface area contributed by atoms with Crippen LogP contribution in [0.2, 0.25) is 5.02 Å². The molecule has 1 unspecified atom stereocenters. The van der Waals surface area contributed by atoms with Crippen molar-refractivity contribution >= 4 is 29.2 Å². The highest BCUT2D eigenvalue weighted by Crippen LogP contribution is 2.21. The zero-order chi connectivity index (χ0) is 17.7. The molecule has 0 fully saturated rings. The summed E-state index contributed by atoms with van der Waals surface area (Å²) in [6.45, 7) is 3.46. The van der Waals surface area contributed by atoms with Crippen molar-refractivity contribution < 1.29 is 19.1 Å². The molecule has 2 aromatic rings. The second-order valence-corrected chi connectivity index (χ2v) is 5.66. The van der Waals surface area contributed by atoms with Crippen molar-refractivity contribution in [2.45, 2.75) is 20.0 Å². The normalized spacial score (nSPS) is 11.5. The predicted molar refractivity (Wildman–Crippen MR) is 92.7 cm³/mol. The van der Waals surface area contributed by atoms with Crippen LogP contribution in [0.25, 0.3) is 0 Å². The summed E-state index contributed by atoms with van der Waals surface area (Å²) in [4.78, 5) is 23.6. The van der Waals surface area contributed by atoms with Gasteiger partial charge in [0, 0.05) is 16.3 Å². The second kappa shape index (κ2) is 7.84. The molecule has 1 atom stereocenters. The molecule has 5 nitrogen and oxygen atoms in total. The maximum atomic E-state index is 12.3. The summed E-state index contributed by atoms with van der Waals surface area (Å²) in [6, 6.07) is 11.8. The van der Waals surface area contributed by atoms with Crippen LogP contribution >= 0.6 is 11.6 Å². The van der Waals surface area contributed by atoms with Gasteiger partial charge in [-0.05, 0) is 61.9 Å². The lowest BCUT2D eigenvalue weighted by Crippen LogP contribution is -2.24. The van der Waals surface area contributed by atoms with E-state index in [9.17, 15) is 9.59 Å². The lowest BCUT2D eigenvalue weighted by Gasteiger charge is -2.13. The number of benzene rings is 2. The van der Waals surface area contributed by atoms with E-state index in [4.69, 9.17) is 16.3 Å². The minimum atomic E-state index is -0.716. The van der Waals surface area contributed by atoms with Gasteiger partial charge in [0.25, 0.3) is 5.91 Å². The Morgan fingerprint density at radius 2 is 1.79 bits per heavy atom. The molecule has 0 heterocycles. The average molecular weight is 348 g/mol. The summed E-state index contributed by atoms with van der Waals surface area (Å²) >= 11 is 5.90. The topological polar surface area (TPSA) is 64.6 Å². The van der Waals surface area contributed by atoms with E-state index >= 15 is 0 Å². The van der Waals surface area contributed by atoms with Gasteiger partial charge in [-0.1, -0.05) is 11.6 Å². The first-order valence-corrected chi connectivity index (χ1v) is 7.70. The summed E-state index contributed by atoms with van der Waals surface area (Å²) in [5.74, 6) is -0.227. The summed E-state index contributed by atoms with van der Waals surface area (Å²) in [7, 11) is 1.30. The summed E-state index contributed by atoms with van der Waals surface area (Å²) in [5, 5.41) is 3.45. The molecular formula is C18H18ClNO4. The monoisotopic (exact) mass is 347 g/mol. The molecule has 0 spiro atoms. The molecule has 126 valence electrons. The van der Waals surface area contributed by atoms with Gasteiger partial charge in [-0.3, -0.25) is 4.79 Å². The van der Waals surface area contributed by atoms with Gasteiger partial charge in [0.05, 0.1) is 7.11 Å². The van der Waals surface area contributed by atoms with Crippen LogP contribution in [0.4, 0.5) is 5.69 Å². The van der Waals surface area contributed by atoms with Crippen LogP contribution in [-0.2, 0) is 9.53 Å². The van der Waals surface area contributed by atoms with Crippen molar-refractivity contribution in [3.63, 3.8) is 0 Å². The molecule has 0 bridgehead atoms. The van der Waals surface area contributed by atoms with Crippen LogP contribution in [-0.4, -0.2) is 25.1 Å². The van der Waals surface area contributed by atoms with E-state index in [2.05, 4.69) is 10.1 Å². The third-order valence-corrected chi connectivity index (χ3v) is 3.63. The van der Waals surface area contributed by atoms with Crippen LogP contribution in [0, 0.1) is 6.92 Å². The number of carbonyl (C=O) groups excluding carboxylic acids is 2. The summed E-state index contributed by atoms with van der Waals surface area (Å²) in [5.41, 5.74) is 2.05. The maximum Gasteiger partial charge on any atom is 0.346 e. The molecule has 0 saturated heterocycles. The number of anilines is 1. The molecule has 0 aromatic heterocycles. The van der Waals surface area contributed by atoms with Crippen molar-refractivity contribution in [2.24, 2.45) is 0 Å². The number of rotatable bonds is 5. The molecule has 0 saturated carbocycles. The smallest absolute Gasteiger partial charge is 0.346 e. The second-order valence-electron chi connectivity index (χ2n) is 5.22. The van der Waals surface area contributed by atoms with E-state index in [1.807, 2.05) is 6.92 Å². The van der Waals surface area contributed by atoms with Gasteiger partial charge in [-0.15, -0.1) is 0 Å². The average Bonchev–Trinajstić information content (AvgIpc) is 2.57. The van der Waals surface area contributed by atoms with Gasteiger partial charge in [-0.2, -0.15) is 0 Å². The van der Waals surface area contributed by atoms with Crippen LogP contribution in [0.1, 0.15) is 22.8 Å². The summed E-state index contributed by atoms with van der Waals surface area (Å²) < 4.78 is 10.0. The fraction of sp³-hybridized carbons (Fsp3) is 0.222. The number of carbonyl (C=O) groups is 2. The minimum Gasteiger partial charge on any atom is -0.479 e. The lowest BCUT2D eigenvalue weighted by atomic mass is 10.1. The molecule has 0 aliphatic rings. The van der Waals surface area contributed by atoms with Crippen LogP contribution in [0.5, 0.6) is 5.75 Å². The van der Waals surface area contributed by atoms with Crippen molar-refractivity contribution in [1.82, 2.24) is 0 Å². The van der Waals surface area contributed by atoms with Crippen LogP contribution < -0.4 is 10.1 Å². The molecule has 2 rings (SSSR count). The number of hydrogen-bond acceptors (Lipinski definition) is 4. The number of nitrogens with one attached hydrogen (secondary N) is 1. The Kier molecular flexibility index (Phi) is 5.82. The van der Waals surface area contributed by atoms with Crippen molar-refractivity contribution in [1.29, 1.82) is 0 Å². The number of amides is 1. The van der Waals surface area contributed by atoms with E-state index in [1.165, 1.54) is 7.11 Å². The number of esters is 1. The lowest BCUT2D eigenvalue weighted by molar-refractivity contribution is -0.147. The van der Waals surface area contributed by atoms with E-state index < -0.39 is 12.1 Å². The first-order chi connectivity index (χ1) is 11.4. The molecule has 6 heteroatoms. The number of methoxy groups -OCH3 is 1. The first-order valence-electron chi connectivity index (χ1n) is 7.32. The van der Waals surface area contributed by atoms with Gasteiger partial charge in [0.1, 0.15) is 5.75 Å². The predicted octanol–water partition coefficient (Wildman–Crippen LogP) is 3.84. The molecule has 24 heavy (non-hydrogen) atoms. The highest BCUT2D eigenvalue weighted by molar-refractivity contribution is 6.30. The van der Waals surface area contributed by atoms with Crippen LogP contribution in [0.15, 0.2) is 42.5 Å². The van der Waals surface area contributed by atoms with E-state index in [1.54, 1.807) is 49.4 Å². The number of hydrogen-bond donors (Lipinski definition) is 1. The van der Waals surface area contributed by atoms with Crippen LogP contribution in [0.3, 0.4) is 0 Å². The van der Waals surface area contributed by atoms with Gasteiger partial charge in [0.15, 0.2) is 6.10 Å². The molecule has 0 aliphatic heterocycles. The fourth-order valence-electron chi connectivity index (χ4n) is 2.06. The van der Waals surface area contributed by atoms with Crippen molar-refractivity contribution in [3.05, 3.63) is 58.6 Å². The van der Waals surface area contributed by atoms with Crippen molar-refractivity contribution in [2.75, 3.05) is 12.4 Å². The standard InChI is InChI=1S/C18H18ClNO4/c1-11-10-14(19)6-9-16(11)20-17(21)13-4-7-15(8-5-13)24-12(2)18(22)23-3/h4-10,12H,1-3H3,(H,20,21). The zero-order valence-corrected chi connectivity index (χ0v) is 14.4. The molecule has 1 amide bonds. The molecule has 1 N–H and O–H groups in total. The molecule has 0 aliphatic carbocycles. The third kappa shape index (κ3) is 4.49. The Bertz CT molecular complexity index is 743. The Morgan fingerprint density at radius 3 is 2.38 bits per heavy atom.